The molecule has 2 rings (SSSR count). The lowest BCUT2D eigenvalue weighted by Gasteiger charge is -2.18. The van der Waals surface area contributed by atoms with E-state index in [0.29, 0.717) is 24.5 Å². The van der Waals surface area contributed by atoms with Crippen LogP contribution in [0, 0.1) is 6.92 Å². The first-order valence-corrected chi connectivity index (χ1v) is 8.13. The second-order valence-electron chi connectivity index (χ2n) is 5.80. The number of carbonyl (C=O) groups excluding carboxylic acids is 2. The summed E-state index contributed by atoms with van der Waals surface area (Å²) in [5.74, 6) is 1.24. The molecule has 25 heavy (non-hydrogen) atoms. The molecule has 0 fully saturated rings. The average molecular weight is 341 g/mol. The minimum atomic E-state index is -0.135. The van der Waals surface area contributed by atoms with E-state index in [9.17, 15) is 9.59 Å². The van der Waals surface area contributed by atoms with E-state index in [1.165, 1.54) is 6.92 Å². The normalized spacial score (nSPS) is 10.2. The van der Waals surface area contributed by atoms with Crippen LogP contribution in [0.1, 0.15) is 22.8 Å². The van der Waals surface area contributed by atoms with Crippen LogP contribution in [0.5, 0.6) is 11.5 Å². The van der Waals surface area contributed by atoms with Crippen LogP contribution in [0.4, 0.5) is 0 Å². The Kier molecular flexibility index (Phi) is 6.57. The van der Waals surface area contributed by atoms with Crippen LogP contribution < -0.4 is 9.47 Å². The van der Waals surface area contributed by atoms with Crippen molar-refractivity contribution in [3.8, 4) is 11.5 Å². The third-order valence-electron chi connectivity index (χ3n) is 3.83. The Morgan fingerprint density at radius 3 is 2.32 bits per heavy atom. The number of Topliss-reactive ketones (excluding diaryl/α,β-unsaturated/α-hetero) is 1. The molecule has 1 amide bonds. The van der Waals surface area contributed by atoms with Gasteiger partial charge in [-0.05, 0) is 49.7 Å². The summed E-state index contributed by atoms with van der Waals surface area (Å²) >= 11 is 0. The van der Waals surface area contributed by atoms with Crippen LogP contribution in [-0.2, 0) is 4.79 Å². The number of hydrogen-bond acceptors (Lipinski definition) is 4. The highest BCUT2D eigenvalue weighted by molar-refractivity contribution is 5.94. The summed E-state index contributed by atoms with van der Waals surface area (Å²) in [6, 6.07) is 14.5. The molecule has 0 saturated heterocycles. The molecule has 0 aliphatic heterocycles. The van der Waals surface area contributed by atoms with Crippen LogP contribution in [0.3, 0.4) is 0 Å². The van der Waals surface area contributed by atoms with Gasteiger partial charge >= 0.3 is 0 Å². The molecule has 0 heterocycles. The zero-order chi connectivity index (χ0) is 18.2. The van der Waals surface area contributed by atoms with Gasteiger partial charge in [0.2, 0.25) is 0 Å². The molecule has 2 aromatic rings. The summed E-state index contributed by atoms with van der Waals surface area (Å²) in [5.41, 5.74) is 1.68. The van der Waals surface area contributed by atoms with Gasteiger partial charge in [0, 0.05) is 12.6 Å². The van der Waals surface area contributed by atoms with Crippen molar-refractivity contribution in [3.05, 3.63) is 59.7 Å². The predicted octanol–water partition coefficient (Wildman–Crippen LogP) is 3.11. The first kappa shape index (κ1) is 18.5. The molecule has 2 aromatic carbocycles. The molecule has 0 aliphatic rings. The van der Waals surface area contributed by atoms with Gasteiger partial charge < -0.3 is 14.4 Å². The number of ether oxygens (including phenoxy) is 2. The van der Waals surface area contributed by atoms with E-state index < -0.39 is 0 Å². The fraction of sp³-hybridized carbons (Fsp3) is 0.300. The minimum Gasteiger partial charge on any atom is -0.491 e. The van der Waals surface area contributed by atoms with Crippen molar-refractivity contribution in [1.82, 2.24) is 4.90 Å². The molecular formula is C20H23NO4. The minimum absolute atomic E-state index is 0.00369. The number of nitrogens with zero attached hydrogens (tertiary/aromatic N) is 1. The van der Waals surface area contributed by atoms with Gasteiger partial charge in [-0.1, -0.05) is 18.2 Å². The van der Waals surface area contributed by atoms with Gasteiger partial charge in [-0.3, -0.25) is 9.59 Å². The van der Waals surface area contributed by atoms with Gasteiger partial charge in [-0.25, -0.2) is 0 Å². The van der Waals surface area contributed by atoms with Crippen LogP contribution in [-0.4, -0.2) is 43.4 Å². The van der Waals surface area contributed by atoms with Gasteiger partial charge in [0.15, 0.2) is 12.4 Å². The molecule has 132 valence electrons. The van der Waals surface area contributed by atoms with E-state index in [1.807, 2.05) is 31.2 Å². The fourth-order valence-corrected chi connectivity index (χ4v) is 2.18. The van der Waals surface area contributed by atoms with E-state index in [0.717, 1.165) is 11.3 Å². The Morgan fingerprint density at radius 1 is 1.00 bits per heavy atom. The topological polar surface area (TPSA) is 55.8 Å². The van der Waals surface area contributed by atoms with E-state index >= 15 is 0 Å². The predicted molar refractivity (Wildman–Crippen MR) is 96.3 cm³/mol. The molecule has 0 spiro atoms. The quantitative estimate of drug-likeness (QED) is 0.692. The zero-order valence-electron chi connectivity index (χ0n) is 14.8. The lowest BCUT2D eigenvalue weighted by molar-refractivity contribution is -0.132. The summed E-state index contributed by atoms with van der Waals surface area (Å²) in [4.78, 5) is 24.9. The van der Waals surface area contributed by atoms with E-state index in [1.54, 1.807) is 36.2 Å². The Labute approximate surface area is 148 Å². The highest BCUT2D eigenvalue weighted by Gasteiger charge is 2.10. The number of likely N-dealkylation sites (N-methyl/N-ethyl adjacent to an activating group) is 1. The summed E-state index contributed by atoms with van der Waals surface area (Å²) in [5, 5.41) is 0. The SMILES string of the molecule is CC(=O)c1ccc(OCC(=O)N(C)CCOc2ccccc2C)cc1. The maximum absolute atomic E-state index is 12.1. The summed E-state index contributed by atoms with van der Waals surface area (Å²) < 4.78 is 11.2. The third-order valence-corrected chi connectivity index (χ3v) is 3.83. The second kappa shape index (κ2) is 8.87. The van der Waals surface area contributed by atoms with Gasteiger partial charge in [-0.2, -0.15) is 0 Å². The number of carbonyl (C=O) groups is 2. The van der Waals surface area contributed by atoms with Crippen molar-refractivity contribution in [2.24, 2.45) is 0 Å². The second-order valence-corrected chi connectivity index (χ2v) is 5.80. The monoisotopic (exact) mass is 341 g/mol. The van der Waals surface area contributed by atoms with Gasteiger partial charge in [0.25, 0.3) is 5.91 Å². The molecule has 0 atom stereocenters. The number of rotatable bonds is 8. The van der Waals surface area contributed by atoms with Crippen molar-refractivity contribution >= 4 is 11.7 Å². The van der Waals surface area contributed by atoms with Gasteiger partial charge in [0.05, 0.1) is 6.54 Å². The van der Waals surface area contributed by atoms with E-state index in [-0.39, 0.29) is 18.3 Å². The average Bonchev–Trinajstić information content (AvgIpc) is 2.61. The Balaban J connectivity index is 1.74. The summed E-state index contributed by atoms with van der Waals surface area (Å²) in [6.07, 6.45) is 0. The standard InChI is InChI=1S/C20H23NO4/c1-15-6-4-5-7-19(15)24-13-12-21(3)20(23)14-25-18-10-8-17(9-11-18)16(2)22/h4-11H,12-14H2,1-3H3. The van der Waals surface area contributed by atoms with Crippen LogP contribution in [0.2, 0.25) is 0 Å². The van der Waals surface area contributed by atoms with Gasteiger partial charge in [-0.15, -0.1) is 0 Å². The van der Waals surface area contributed by atoms with E-state index in [2.05, 4.69) is 0 Å². The number of ketones is 1. The third kappa shape index (κ3) is 5.64. The maximum Gasteiger partial charge on any atom is 0.260 e. The molecule has 5 nitrogen and oxygen atoms in total. The Hall–Kier alpha value is -2.82. The fourth-order valence-electron chi connectivity index (χ4n) is 2.18. The number of amides is 1. The maximum atomic E-state index is 12.1. The molecule has 0 radical (unpaired) electrons. The van der Waals surface area contributed by atoms with Crippen molar-refractivity contribution in [2.75, 3.05) is 26.8 Å². The van der Waals surface area contributed by atoms with Crippen molar-refractivity contribution in [2.45, 2.75) is 13.8 Å². The summed E-state index contributed by atoms with van der Waals surface area (Å²) in [7, 11) is 1.71. The molecule has 0 bridgehead atoms. The molecule has 0 aromatic heterocycles. The highest BCUT2D eigenvalue weighted by atomic mass is 16.5. The smallest absolute Gasteiger partial charge is 0.260 e. The number of para-hydroxylation sites is 1. The van der Waals surface area contributed by atoms with Crippen LogP contribution in [0.25, 0.3) is 0 Å². The lowest BCUT2D eigenvalue weighted by Crippen LogP contribution is -2.34. The molecular weight excluding hydrogens is 318 g/mol. The number of aryl methyl sites for hydroxylation is 1. The highest BCUT2D eigenvalue weighted by Crippen LogP contribution is 2.16. The van der Waals surface area contributed by atoms with Crippen LogP contribution in [0.15, 0.2) is 48.5 Å². The molecule has 0 aliphatic carbocycles. The Bertz CT molecular complexity index is 725. The van der Waals surface area contributed by atoms with Crippen molar-refractivity contribution in [1.29, 1.82) is 0 Å². The molecule has 0 unspecified atom stereocenters. The van der Waals surface area contributed by atoms with Gasteiger partial charge in [0.1, 0.15) is 18.1 Å². The first-order valence-electron chi connectivity index (χ1n) is 8.13. The largest absolute Gasteiger partial charge is 0.491 e. The molecule has 0 saturated carbocycles. The first-order chi connectivity index (χ1) is 12.0. The van der Waals surface area contributed by atoms with Crippen molar-refractivity contribution in [3.63, 3.8) is 0 Å². The van der Waals surface area contributed by atoms with E-state index in [4.69, 9.17) is 9.47 Å². The van der Waals surface area contributed by atoms with Crippen molar-refractivity contribution < 1.29 is 19.1 Å². The number of benzene rings is 2. The Morgan fingerprint density at radius 2 is 1.68 bits per heavy atom. The molecule has 0 N–H and O–H groups in total. The number of hydrogen-bond donors (Lipinski definition) is 0. The lowest BCUT2D eigenvalue weighted by atomic mass is 10.1. The zero-order valence-corrected chi connectivity index (χ0v) is 14.8. The summed E-state index contributed by atoms with van der Waals surface area (Å²) in [6.45, 7) is 4.32. The van der Waals surface area contributed by atoms with Crippen LogP contribution >= 0.6 is 0 Å². The molecule has 5 heteroatoms.